The molecule has 1 aliphatic rings. The third-order valence-electron chi connectivity index (χ3n) is 5.74. The largest absolute Gasteiger partial charge is 0.393 e. The number of nitrogens with one attached hydrogen (secondary N) is 1. The van der Waals surface area contributed by atoms with E-state index in [1.807, 2.05) is 0 Å². The summed E-state index contributed by atoms with van der Waals surface area (Å²) in [6.45, 7) is 0.961. The SMILES string of the molecule is CC(NC(=O)N1CC(C(F)(F)F)Cc2c1cnn2-c1ccc(F)cc1)c1ccnc(S(C)(=O)=O)c1. The zero-order chi connectivity index (χ0) is 25.5. The van der Waals surface area contributed by atoms with Crippen LogP contribution < -0.4 is 10.2 Å². The highest BCUT2D eigenvalue weighted by Gasteiger charge is 2.46. The van der Waals surface area contributed by atoms with Crippen LogP contribution in [0.2, 0.25) is 0 Å². The molecule has 186 valence electrons. The summed E-state index contributed by atoms with van der Waals surface area (Å²) < 4.78 is 79.4. The van der Waals surface area contributed by atoms with E-state index in [1.54, 1.807) is 6.92 Å². The molecule has 3 aromatic rings. The summed E-state index contributed by atoms with van der Waals surface area (Å²) in [5.41, 5.74) is 1.14. The lowest BCUT2D eigenvalue weighted by Gasteiger charge is -2.34. The summed E-state index contributed by atoms with van der Waals surface area (Å²) in [4.78, 5) is 17.9. The Morgan fingerprint density at radius 1 is 1.20 bits per heavy atom. The number of benzene rings is 1. The van der Waals surface area contributed by atoms with Crippen LogP contribution >= 0.6 is 0 Å². The first-order valence-corrected chi connectivity index (χ1v) is 12.4. The number of anilines is 1. The van der Waals surface area contributed by atoms with Gasteiger partial charge in [0.25, 0.3) is 0 Å². The molecular weight excluding hydrogens is 490 g/mol. The van der Waals surface area contributed by atoms with Gasteiger partial charge in [-0.2, -0.15) is 18.3 Å². The summed E-state index contributed by atoms with van der Waals surface area (Å²) in [7, 11) is -3.59. The molecule has 0 aliphatic carbocycles. The van der Waals surface area contributed by atoms with Gasteiger partial charge < -0.3 is 5.32 Å². The van der Waals surface area contributed by atoms with Crippen molar-refractivity contribution in [3.63, 3.8) is 0 Å². The molecule has 0 radical (unpaired) electrons. The summed E-state index contributed by atoms with van der Waals surface area (Å²) in [6.07, 6.45) is -1.41. The second-order valence-electron chi connectivity index (χ2n) is 8.29. The number of hydrogen-bond acceptors (Lipinski definition) is 5. The topological polar surface area (TPSA) is 97.2 Å². The van der Waals surface area contributed by atoms with E-state index >= 15 is 0 Å². The van der Waals surface area contributed by atoms with Crippen molar-refractivity contribution in [3.05, 3.63) is 65.9 Å². The molecule has 1 aromatic carbocycles. The van der Waals surface area contributed by atoms with Gasteiger partial charge in [0.15, 0.2) is 14.9 Å². The number of fused-ring (bicyclic) bond motifs is 1. The molecule has 4 rings (SSSR count). The predicted molar refractivity (Wildman–Crippen MR) is 118 cm³/mol. The van der Waals surface area contributed by atoms with Gasteiger partial charge in [0.05, 0.1) is 35.2 Å². The number of carbonyl (C=O) groups is 1. The van der Waals surface area contributed by atoms with Crippen molar-refractivity contribution >= 4 is 21.6 Å². The lowest BCUT2D eigenvalue weighted by atomic mass is 9.96. The van der Waals surface area contributed by atoms with E-state index in [2.05, 4.69) is 15.4 Å². The van der Waals surface area contributed by atoms with Crippen molar-refractivity contribution in [2.45, 2.75) is 30.6 Å². The highest BCUT2D eigenvalue weighted by Crippen LogP contribution is 2.38. The second-order valence-corrected chi connectivity index (χ2v) is 10.3. The van der Waals surface area contributed by atoms with Crippen LogP contribution in [0.25, 0.3) is 5.69 Å². The van der Waals surface area contributed by atoms with Crippen LogP contribution in [-0.4, -0.2) is 48.2 Å². The van der Waals surface area contributed by atoms with Gasteiger partial charge in [-0.25, -0.2) is 27.3 Å². The molecule has 8 nitrogen and oxygen atoms in total. The summed E-state index contributed by atoms with van der Waals surface area (Å²) in [6, 6.07) is 6.37. The van der Waals surface area contributed by atoms with E-state index in [4.69, 9.17) is 0 Å². The van der Waals surface area contributed by atoms with Gasteiger partial charge in [0, 0.05) is 25.4 Å². The van der Waals surface area contributed by atoms with Gasteiger partial charge >= 0.3 is 12.2 Å². The molecule has 2 unspecified atom stereocenters. The molecule has 3 heterocycles. The molecule has 13 heteroatoms. The predicted octanol–water partition coefficient (Wildman–Crippen LogP) is 3.82. The van der Waals surface area contributed by atoms with Crippen LogP contribution in [0.15, 0.2) is 53.8 Å². The highest BCUT2D eigenvalue weighted by atomic mass is 32.2. The second kappa shape index (κ2) is 8.95. The van der Waals surface area contributed by atoms with Crippen LogP contribution in [-0.2, 0) is 16.3 Å². The fourth-order valence-electron chi connectivity index (χ4n) is 3.86. The normalized spacial score (nSPS) is 17.1. The van der Waals surface area contributed by atoms with Gasteiger partial charge in [0.1, 0.15) is 5.82 Å². The maximum atomic E-state index is 13.7. The molecule has 0 bridgehead atoms. The Kier molecular flexibility index (Phi) is 6.30. The quantitative estimate of drug-likeness (QED) is 0.538. The van der Waals surface area contributed by atoms with Crippen molar-refractivity contribution in [1.82, 2.24) is 20.1 Å². The van der Waals surface area contributed by atoms with Crippen LogP contribution in [0.3, 0.4) is 0 Å². The molecule has 0 saturated carbocycles. The number of nitrogens with zero attached hydrogens (tertiary/aromatic N) is 4. The van der Waals surface area contributed by atoms with Crippen molar-refractivity contribution in [2.75, 3.05) is 17.7 Å². The first-order valence-electron chi connectivity index (χ1n) is 10.5. The van der Waals surface area contributed by atoms with Gasteiger partial charge in [-0.3, -0.25) is 4.90 Å². The number of halogens is 4. The lowest BCUT2D eigenvalue weighted by Crippen LogP contribution is -2.49. The van der Waals surface area contributed by atoms with Crippen LogP contribution in [0, 0.1) is 11.7 Å². The molecule has 0 spiro atoms. The molecule has 0 fully saturated rings. The van der Waals surface area contributed by atoms with E-state index in [9.17, 15) is 30.8 Å². The molecular formula is C22H21F4N5O3S. The van der Waals surface area contributed by atoms with E-state index < -0.39 is 52.8 Å². The standard InChI is InChI=1S/C22H21F4N5O3S/c1-13(14-7-8-27-20(9-14)35(2,33)34)29-21(32)30-12-15(22(24,25)26)10-18-19(30)11-28-31(18)17-5-3-16(23)4-6-17/h3-9,11,13,15H,10,12H2,1-2H3,(H,29,32). The van der Waals surface area contributed by atoms with Gasteiger partial charge in [-0.1, -0.05) is 0 Å². The molecule has 1 aliphatic heterocycles. The van der Waals surface area contributed by atoms with E-state index in [1.165, 1.54) is 53.5 Å². The average Bonchev–Trinajstić information content (AvgIpc) is 3.22. The number of hydrogen-bond donors (Lipinski definition) is 1. The minimum atomic E-state index is -4.57. The Balaban J connectivity index is 1.65. The van der Waals surface area contributed by atoms with Crippen LogP contribution in [0.5, 0.6) is 0 Å². The van der Waals surface area contributed by atoms with Crippen LogP contribution in [0.4, 0.5) is 28.0 Å². The number of rotatable bonds is 4. The fraction of sp³-hybridized carbons (Fsp3) is 0.318. The Morgan fingerprint density at radius 2 is 1.89 bits per heavy atom. The Bertz CT molecular complexity index is 1360. The third-order valence-corrected chi connectivity index (χ3v) is 6.72. The smallest absolute Gasteiger partial charge is 0.331 e. The molecule has 0 saturated heterocycles. The van der Waals surface area contributed by atoms with E-state index in [0.29, 0.717) is 11.3 Å². The summed E-state index contributed by atoms with van der Waals surface area (Å²) in [5.74, 6) is -2.35. The number of carbonyl (C=O) groups excluding carboxylic acids is 1. The Labute approximate surface area is 198 Å². The van der Waals surface area contributed by atoms with Gasteiger partial charge in [-0.05, 0) is 48.9 Å². The molecule has 35 heavy (non-hydrogen) atoms. The number of sulfone groups is 1. The van der Waals surface area contributed by atoms with Crippen molar-refractivity contribution < 1.29 is 30.8 Å². The first kappa shape index (κ1) is 24.6. The maximum Gasteiger partial charge on any atom is 0.393 e. The molecule has 2 aromatic heterocycles. The molecule has 2 amide bonds. The maximum absolute atomic E-state index is 13.7. The molecule has 2 atom stereocenters. The van der Waals surface area contributed by atoms with Gasteiger partial charge in [0.2, 0.25) is 0 Å². The number of alkyl halides is 3. The zero-order valence-corrected chi connectivity index (χ0v) is 19.4. The number of urea groups is 1. The lowest BCUT2D eigenvalue weighted by molar-refractivity contribution is -0.172. The third kappa shape index (κ3) is 5.14. The van der Waals surface area contributed by atoms with Crippen LogP contribution in [0.1, 0.15) is 24.2 Å². The number of aromatic nitrogens is 3. The number of amides is 2. The Hall–Kier alpha value is -3.48. The van der Waals surface area contributed by atoms with Crippen molar-refractivity contribution in [2.24, 2.45) is 5.92 Å². The Morgan fingerprint density at radius 3 is 2.51 bits per heavy atom. The summed E-state index contributed by atoms with van der Waals surface area (Å²) in [5, 5.41) is 6.59. The fourth-order valence-corrected chi connectivity index (χ4v) is 4.46. The minimum Gasteiger partial charge on any atom is -0.331 e. The van der Waals surface area contributed by atoms with E-state index in [-0.39, 0.29) is 16.4 Å². The zero-order valence-electron chi connectivity index (χ0n) is 18.6. The average molecular weight is 512 g/mol. The van der Waals surface area contributed by atoms with Crippen molar-refractivity contribution in [3.8, 4) is 5.69 Å². The highest BCUT2D eigenvalue weighted by molar-refractivity contribution is 7.90. The monoisotopic (exact) mass is 511 g/mol. The minimum absolute atomic E-state index is 0.163. The number of pyridine rings is 1. The van der Waals surface area contributed by atoms with Crippen molar-refractivity contribution in [1.29, 1.82) is 0 Å². The summed E-state index contributed by atoms with van der Waals surface area (Å²) >= 11 is 0. The van der Waals surface area contributed by atoms with Gasteiger partial charge in [-0.15, -0.1) is 0 Å². The first-order chi connectivity index (χ1) is 16.3. The van der Waals surface area contributed by atoms with E-state index in [0.717, 1.165) is 11.2 Å². The molecule has 1 N–H and O–H groups in total.